The van der Waals surface area contributed by atoms with Gasteiger partial charge in [-0.2, -0.15) is 0 Å². The molecule has 1 amide bonds. The maximum Gasteiger partial charge on any atom is 0.307 e. The number of nitrogens with zero attached hydrogens (tertiary/aromatic N) is 2. The van der Waals surface area contributed by atoms with E-state index in [1.165, 1.54) is 23.2 Å². The van der Waals surface area contributed by atoms with E-state index in [-0.39, 0.29) is 0 Å². The second-order valence-electron chi connectivity index (χ2n) is 6.70. The summed E-state index contributed by atoms with van der Waals surface area (Å²) in [4.78, 5) is 30.7. The van der Waals surface area contributed by atoms with Crippen molar-refractivity contribution in [3.63, 3.8) is 0 Å². The average Bonchev–Trinajstić information content (AvgIpc) is 3.00. The summed E-state index contributed by atoms with van der Waals surface area (Å²) in [5.41, 5.74) is 0.290. The zero-order chi connectivity index (χ0) is 20.2. The molecule has 1 unspecified atom stereocenters. The number of anilines is 2. The minimum Gasteiger partial charge on any atom is -0.481 e. The van der Waals surface area contributed by atoms with Crippen LogP contribution in [0.4, 0.5) is 10.8 Å². The van der Waals surface area contributed by atoms with Gasteiger partial charge >= 0.3 is 5.97 Å². The number of fused-ring (bicyclic) bond motifs is 2. The molecule has 3 aromatic rings. The zero-order valence-corrected chi connectivity index (χ0v) is 17.2. The SMILES string of the molecule is Cc1cccc2c1OC(C)(CC(=O)O)C(=O)N2c1nc2cc(Cl)cc(Cl)c2s1. The number of amides is 1. The van der Waals surface area contributed by atoms with Gasteiger partial charge in [0.15, 0.2) is 10.7 Å². The summed E-state index contributed by atoms with van der Waals surface area (Å²) in [7, 11) is 0. The Bertz CT molecular complexity index is 1150. The third-order valence-electron chi connectivity index (χ3n) is 4.49. The van der Waals surface area contributed by atoms with Crippen molar-refractivity contribution in [2.24, 2.45) is 0 Å². The van der Waals surface area contributed by atoms with Crippen LogP contribution in [0.15, 0.2) is 30.3 Å². The van der Waals surface area contributed by atoms with Crippen molar-refractivity contribution in [2.75, 3.05) is 4.90 Å². The standard InChI is InChI=1S/C19H14Cl2N2O4S/c1-9-4-3-5-13-15(9)27-19(2,8-14(24)25)17(26)23(13)18-22-12-7-10(20)6-11(21)16(12)28-18/h3-7H,8H2,1-2H3,(H,24,25). The van der Waals surface area contributed by atoms with Crippen LogP contribution in [0.2, 0.25) is 10.0 Å². The van der Waals surface area contributed by atoms with E-state index in [1.807, 2.05) is 13.0 Å². The molecule has 28 heavy (non-hydrogen) atoms. The van der Waals surface area contributed by atoms with Crippen molar-refractivity contribution in [3.05, 3.63) is 45.9 Å². The fourth-order valence-corrected chi connectivity index (χ4v) is 4.76. The number of thiazole rings is 1. The number of aryl methyl sites for hydroxylation is 1. The van der Waals surface area contributed by atoms with Gasteiger partial charge in [0.05, 0.1) is 27.3 Å². The third-order valence-corrected chi connectivity index (χ3v) is 6.21. The topological polar surface area (TPSA) is 79.7 Å². The smallest absolute Gasteiger partial charge is 0.307 e. The Morgan fingerprint density at radius 2 is 2.11 bits per heavy atom. The molecule has 4 rings (SSSR count). The van der Waals surface area contributed by atoms with Crippen LogP contribution in [0.5, 0.6) is 5.75 Å². The normalized spacial score (nSPS) is 18.9. The number of carboxylic acid groups (broad SMARTS) is 1. The van der Waals surface area contributed by atoms with Crippen LogP contribution in [-0.2, 0) is 9.59 Å². The highest BCUT2D eigenvalue weighted by molar-refractivity contribution is 7.23. The van der Waals surface area contributed by atoms with Crippen molar-refractivity contribution in [3.8, 4) is 5.75 Å². The zero-order valence-electron chi connectivity index (χ0n) is 14.8. The first-order valence-corrected chi connectivity index (χ1v) is 9.87. The monoisotopic (exact) mass is 436 g/mol. The lowest BCUT2D eigenvalue weighted by atomic mass is 9.96. The first-order chi connectivity index (χ1) is 13.2. The highest BCUT2D eigenvalue weighted by atomic mass is 35.5. The van der Waals surface area contributed by atoms with Crippen LogP contribution in [0.25, 0.3) is 10.2 Å². The van der Waals surface area contributed by atoms with Gasteiger partial charge in [0.2, 0.25) is 0 Å². The first-order valence-electron chi connectivity index (χ1n) is 8.30. The van der Waals surface area contributed by atoms with Crippen LogP contribution in [0, 0.1) is 6.92 Å². The van der Waals surface area contributed by atoms with Gasteiger partial charge in [0, 0.05) is 5.02 Å². The molecule has 0 spiro atoms. The van der Waals surface area contributed by atoms with Gasteiger partial charge in [-0.3, -0.25) is 9.59 Å². The minimum absolute atomic E-state index is 0.371. The van der Waals surface area contributed by atoms with E-state index in [0.717, 1.165) is 5.56 Å². The summed E-state index contributed by atoms with van der Waals surface area (Å²) in [6.45, 7) is 3.31. The second-order valence-corrected chi connectivity index (χ2v) is 8.52. The molecule has 9 heteroatoms. The highest BCUT2D eigenvalue weighted by Gasteiger charge is 2.48. The predicted molar refractivity (Wildman–Crippen MR) is 109 cm³/mol. The number of hydrogen-bond donors (Lipinski definition) is 1. The number of carbonyl (C=O) groups excluding carboxylic acids is 1. The number of halogens is 2. The molecule has 0 radical (unpaired) electrons. The van der Waals surface area contributed by atoms with E-state index in [0.29, 0.717) is 36.8 Å². The lowest BCUT2D eigenvalue weighted by Gasteiger charge is -2.39. The number of aromatic nitrogens is 1. The number of para-hydroxylation sites is 1. The van der Waals surface area contributed by atoms with Crippen LogP contribution in [0.1, 0.15) is 18.9 Å². The van der Waals surface area contributed by atoms with E-state index in [2.05, 4.69) is 4.98 Å². The molecular formula is C19H14Cl2N2O4S. The van der Waals surface area contributed by atoms with Crippen LogP contribution >= 0.6 is 34.5 Å². The Balaban J connectivity index is 1.94. The van der Waals surface area contributed by atoms with Gasteiger partial charge < -0.3 is 9.84 Å². The summed E-state index contributed by atoms with van der Waals surface area (Å²) in [5.74, 6) is -1.18. The number of aliphatic carboxylic acids is 1. The molecule has 6 nitrogen and oxygen atoms in total. The average molecular weight is 437 g/mol. The maximum atomic E-state index is 13.3. The van der Waals surface area contributed by atoms with Gasteiger partial charge in [-0.1, -0.05) is 46.7 Å². The molecule has 1 aromatic heterocycles. The van der Waals surface area contributed by atoms with Crippen LogP contribution < -0.4 is 9.64 Å². The molecule has 1 atom stereocenters. The molecule has 1 aliphatic heterocycles. The Labute approximate surface area is 174 Å². The van der Waals surface area contributed by atoms with Gasteiger partial charge in [0.1, 0.15) is 5.75 Å². The van der Waals surface area contributed by atoms with E-state index >= 15 is 0 Å². The fraction of sp³-hybridized carbons (Fsp3) is 0.211. The van der Waals surface area contributed by atoms with Crippen molar-refractivity contribution in [1.82, 2.24) is 4.98 Å². The molecule has 2 aromatic carbocycles. The molecule has 1 aliphatic rings. The molecule has 1 N–H and O–H groups in total. The molecule has 0 saturated carbocycles. The lowest BCUT2D eigenvalue weighted by Crippen LogP contribution is -2.53. The van der Waals surface area contributed by atoms with Gasteiger partial charge in [-0.15, -0.1) is 0 Å². The predicted octanol–water partition coefficient (Wildman–Crippen LogP) is 5.20. The Hall–Kier alpha value is -2.35. The van der Waals surface area contributed by atoms with Crippen molar-refractivity contribution >= 4 is 67.5 Å². The van der Waals surface area contributed by atoms with Gasteiger partial charge in [-0.05, 0) is 37.6 Å². The maximum absolute atomic E-state index is 13.3. The fourth-order valence-electron chi connectivity index (χ4n) is 3.19. The summed E-state index contributed by atoms with van der Waals surface area (Å²) in [6, 6.07) is 8.65. The quantitative estimate of drug-likeness (QED) is 0.609. The number of carboxylic acids is 1. The number of ether oxygens (including phenoxy) is 1. The highest BCUT2D eigenvalue weighted by Crippen LogP contribution is 2.47. The molecule has 0 fully saturated rings. The molecule has 0 bridgehead atoms. The number of benzene rings is 2. The second kappa shape index (κ2) is 6.62. The van der Waals surface area contributed by atoms with E-state index in [1.54, 1.807) is 24.3 Å². The lowest BCUT2D eigenvalue weighted by molar-refractivity contribution is -0.148. The van der Waals surface area contributed by atoms with Crippen molar-refractivity contribution < 1.29 is 19.4 Å². The van der Waals surface area contributed by atoms with Crippen LogP contribution in [0.3, 0.4) is 0 Å². The summed E-state index contributed by atoms with van der Waals surface area (Å²) in [6.07, 6.45) is -0.479. The third kappa shape index (κ3) is 2.99. The summed E-state index contributed by atoms with van der Waals surface area (Å²) in [5, 5.41) is 10.6. The Morgan fingerprint density at radius 1 is 1.36 bits per heavy atom. The van der Waals surface area contributed by atoms with Gasteiger partial charge in [-0.25, -0.2) is 9.88 Å². The van der Waals surface area contributed by atoms with Crippen molar-refractivity contribution in [1.29, 1.82) is 0 Å². The summed E-state index contributed by atoms with van der Waals surface area (Å²) < 4.78 is 6.59. The van der Waals surface area contributed by atoms with Gasteiger partial charge in [0.25, 0.3) is 5.91 Å². The first kappa shape index (κ1) is 19.0. The number of carbonyl (C=O) groups is 2. The number of hydrogen-bond acceptors (Lipinski definition) is 5. The molecule has 144 valence electrons. The molecule has 0 saturated heterocycles. The Kier molecular flexibility index (Phi) is 4.49. The molecule has 0 aliphatic carbocycles. The van der Waals surface area contributed by atoms with E-state index in [4.69, 9.17) is 27.9 Å². The van der Waals surface area contributed by atoms with E-state index < -0.39 is 23.9 Å². The molecular weight excluding hydrogens is 423 g/mol. The Morgan fingerprint density at radius 3 is 2.82 bits per heavy atom. The largest absolute Gasteiger partial charge is 0.481 e. The van der Waals surface area contributed by atoms with Crippen LogP contribution in [-0.4, -0.2) is 27.6 Å². The minimum atomic E-state index is -1.57. The van der Waals surface area contributed by atoms with E-state index in [9.17, 15) is 14.7 Å². The van der Waals surface area contributed by atoms with Crippen molar-refractivity contribution in [2.45, 2.75) is 25.9 Å². The molecule has 2 heterocycles. The number of rotatable bonds is 3. The summed E-state index contributed by atoms with van der Waals surface area (Å²) >= 11 is 13.6.